The van der Waals surface area contributed by atoms with E-state index in [2.05, 4.69) is 83.1 Å². The molecule has 0 aliphatic heterocycles. The molecule has 0 nitrogen and oxygen atoms in total. The van der Waals surface area contributed by atoms with Gasteiger partial charge in [-0.25, -0.2) is 0 Å². The van der Waals surface area contributed by atoms with E-state index in [1.807, 2.05) is 0 Å². The van der Waals surface area contributed by atoms with E-state index < -0.39 is 0 Å². The van der Waals surface area contributed by atoms with Crippen molar-refractivity contribution in [3.05, 3.63) is 0 Å². The van der Waals surface area contributed by atoms with Crippen LogP contribution in [0.3, 0.4) is 0 Å². The Morgan fingerprint density at radius 2 is 1.49 bits per heavy atom. The maximum Gasteiger partial charge on any atom is -0.0215 e. The summed E-state index contributed by atoms with van der Waals surface area (Å²) in [6.45, 7) is 31.7. The standard InChI is InChI=1S/C35H64/c1-13-22(4)14-16-28-17-15-23(5)31-25(7)32-27(9)35(12)26(8)30(21(2)3)24(6)18-34(35,11)20-33(32,10)19-29(28)31/h21-32H,13-20H2,1-12H3. The Morgan fingerprint density at radius 1 is 0.829 bits per heavy atom. The van der Waals surface area contributed by atoms with Crippen LogP contribution in [0.1, 0.15) is 134 Å². The van der Waals surface area contributed by atoms with Gasteiger partial charge < -0.3 is 0 Å². The lowest BCUT2D eigenvalue weighted by Gasteiger charge is -2.73. The Kier molecular flexibility index (Phi) is 7.71. The first-order chi connectivity index (χ1) is 16.2. The van der Waals surface area contributed by atoms with Gasteiger partial charge in [-0.1, -0.05) is 102 Å². The van der Waals surface area contributed by atoms with Gasteiger partial charge in [-0.2, -0.15) is 0 Å². The van der Waals surface area contributed by atoms with Crippen molar-refractivity contribution in [2.45, 2.75) is 134 Å². The van der Waals surface area contributed by atoms with Crippen LogP contribution >= 0.6 is 0 Å². The summed E-state index contributed by atoms with van der Waals surface area (Å²) in [7, 11) is 0. The highest BCUT2D eigenvalue weighted by molar-refractivity contribution is 5.16. The fraction of sp³-hybridized carbons (Fsp3) is 1.00. The number of rotatable bonds is 5. The maximum absolute atomic E-state index is 2.79. The Balaban J connectivity index is 1.70. The molecule has 4 fully saturated rings. The third-order valence-electron chi connectivity index (χ3n) is 14.5. The van der Waals surface area contributed by atoms with E-state index in [9.17, 15) is 0 Å². The zero-order valence-electron chi connectivity index (χ0n) is 26.1. The van der Waals surface area contributed by atoms with Crippen LogP contribution in [0, 0.1) is 87.3 Å². The minimum Gasteiger partial charge on any atom is -0.0651 e. The summed E-state index contributed by atoms with van der Waals surface area (Å²) in [5.74, 6) is 10.8. The lowest BCUT2D eigenvalue weighted by molar-refractivity contribution is -0.247. The molecule has 4 rings (SSSR count). The summed E-state index contributed by atoms with van der Waals surface area (Å²) < 4.78 is 0. The highest BCUT2D eigenvalue weighted by Crippen LogP contribution is 2.75. The van der Waals surface area contributed by atoms with Gasteiger partial charge >= 0.3 is 0 Å². The highest BCUT2D eigenvalue weighted by atomic mass is 14.7. The van der Waals surface area contributed by atoms with E-state index in [0.29, 0.717) is 16.2 Å². The minimum absolute atomic E-state index is 0.466. The summed E-state index contributed by atoms with van der Waals surface area (Å²) >= 11 is 0. The zero-order chi connectivity index (χ0) is 26.1. The fourth-order valence-corrected chi connectivity index (χ4v) is 12.9. The molecule has 35 heavy (non-hydrogen) atoms. The number of hydrogen-bond donors (Lipinski definition) is 0. The van der Waals surface area contributed by atoms with Gasteiger partial charge in [0.25, 0.3) is 0 Å². The summed E-state index contributed by atoms with van der Waals surface area (Å²) in [4.78, 5) is 0. The van der Waals surface area contributed by atoms with Crippen LogP contribution in [0.25, 0.3) is 0 Å². The predicted octanol–water partition coefficient (Wildman–Crippen LogP) is 10.8. The summed E-state index contributed by atoms with van der Waals surface area (Å²) in [5.41, 5.74) is 1.48. The van der Waals surface area contributed by atoms with Crippen molar-refractivity contribution in [3.63, 3.8) is 0 Å². The van der Waals surface area contributed by atoms with Gasteiger partial charge in [0.15, 0.2) is 0 Å². The SMILES string of the molecule is CCC(C)CCC1CCC(C)C2C(C)C3C(C)C4(C)C(C)C(C(C)C)C(C)CC4(C)CC3(C)CC12. The van der Waals surface area contributed by atoms with Gasteiger partial charge in [0.2, 0.25) is 0 Å². The second-order valence-electron chi connectivity index (χ2n) is 16.5. The molecule has 0 amide bonds. The van der Waals surface area contributed by atoms with Crippen LogP contribution in [0.2, 0.25) is 0 Å². The van der Waals surface area contributed by atoms with Gasteiger partial charge in [-0.3, -0.25) is 0 Å². The van der Waals surface area contributed by atoms with Crippen molar-refractivity contribution >= 4 is 0 Å². The molecule has 0 bridgehead atoms. The molecule has 0 aromatic carbocycles. The predicted molar refractivity (Wildman–Crippen MR) is 154 cm³/mol. The molecule has 0 N–H and O–H groups in total. The first-order valence-electron chi connectivity index (χ1n) is 16.2. The third kappa shape index (κ3) is 4.20. The minimum atomic E-state index is 0.466. The number of hydrogen-bond acceptors (Lipinski definition) is 0. The average Bonchev–Trinajstić information content (AvgIpc) is 2.74. The van der Waals surface area contributed by atoms with E-state index in [4.69, 9.17) is 0 Å². The van der Waals surface area contributed by atoms with E-state index in [-0.39, 0.29) is 0 Å². The second-order valence-corrected chi connectivity index (χ2v) is 16.5. The Bertz CT molecular complexity index is 736. The topological polar surface area (TPSA) is 0 Å². The van der Waals surface area contributed by atoms with Gasteiger partial charge in [-0.05, 0) is 119 Å². The molecule has 14 atom stereocenters. The normalized spacial score (nSPS) is 55.1. The van der Waals surface area contributed by atoms with Crippen molar-refractivity contribution in [1.29, 1.82) is 0 Å². The summed E-state index contributed by atoms with van der Waals surface area (Å²) in [6.07, 6.45) is 11.8. The quantitative estimate of drug-likeness (QED) is 0.364. The lowest BCUT2D eigenvalue weighted by Crippen LogP contribution is -2.67. The molecule has 0 saturated heterocycles. The van der Waals surface area contributed by atoms with Gasteiger partial charge in [0, 0.05) is 0 Å². The van der Waals surface area contributed by atoms with E-state index in [1.54, 1.807) is 0 Å². The fourth-order valence-electron chi connectivity index (χ4n) is 12.9. The van der Waals surface area contributed by atoms with Gasteiger partial charge in [-0.15, -0.1) is 0 Å². The monoisotopic (exact) mass is 485 g/mol. The van der Waals surface area contributed by atoms with Crippen LogP contribution in [-0.4, -0.2) is 0 Å². The Labute approximate surface area is 221 Å². The number of fused-ring (bicyclic) bond motifs is 3. The smallest absolute Gasteiger partial charge is 0.0215 e. The first kappa shape index (κ1) is 28.0. The van der Waals surface area contributed by atoms with E-state index in [0.717, 1.165) is 71.0 Å². The Morgan fingerprint density at radius 3 is 2.09 bits per heavy atom. The summed E-state index contributed by atoms with van der Waals surface area (Å²) in [6, 6.07) is 0. The zero-order valence-corrected chi connectivity index (χ0v) is 26.1. The Hall–Kier alpha value is 0. The van der Waals surface area contributed by atoms with Crippen molar-refractivity contribution < 1.29 is 0 Å². The van der Waals surface area contributed by atoms with Crippen LogP contribution in [0.5, 0.6) is 0 Å². The maximum atomic E-state index is 2.79. The molecule has 0 spiro atoms. The molecule has 0 aromatic rings. The van der Waals surface area contributed by atoms with Crippen LogP contribution in [0.15, 0.2) is 0 Å². The molecular weight excluding hydrogens is 420 g/mol. The molecule has 0 aromatic heterocycles. The largest absolute Gasteiger partial charge is 0.0651 e. The molecular formula is C35H64. The van der Waals surface area contributed by atoms with E-state index in [1.165, 1.54) is 51.4 Å². The second kappa shape index (κ2) is 9.63. The summed E-state index contributed by atoms with van der Waals surface area (Å²) in [5, 5.41) is 0. The van der Waals surface area contributed by atoms with Crippen molar-refractivity contribution in [1.82, 2.24) is 0 Å². The molecule has 4 aliphatic rings. The molecule has 0 heteroatoms. The molecule has 0 heterocycles. The molecule has 14 unspecified atom stereocenters. The molecule has 204 valence electrons. The molecule has 4 aliphatic carbocycles. The molecule has 4 saturated carbocycles. The first-order valence-corrected chi connectivity index (χ1v) is 16.2. The van der Waals surface area contributed by atoms with Gasteiger partial charge in [0.05, 0.1) is 0 Å². The van der Waals surface area contributed by atoms with Crippen LogP contribution < -0.4 is 0 Å². The van der Waals surface area contributed by atoms with Crippen LogP contribution in [-0.2, 0) is 0 Å². The van der Waals surface area contributed by atoms with E-state index >= 15 is 0 Å². The lowest BCUT2D eigenvalue weighted by atomic mass is 9.32. The van der Waals surface area contributed by atoms with Gasteiger partial charge in [0.1, 0.15) is 0 Å². The molecule has 0 radical (unpaired) electrons. The highest BCUT2D eigenvalue weighted by Gasteiger charge is 2.68. The van der Waals surface area contributed by atoms with Crippen molar-refractivity contribution in [2.24, 2.45) is 87.3 Å². The van der Waals surface area contributed by atoms with Crippen LogP contribution in [0.4, 0.5) is 0 Å². The third-order valence-corrected chi connectivity index (χ3v) is 14.5. The van der Waals surface area contributed by atoms with Crippen molar-refractivity contribution in [2.75, 3.05) is 0 Å². The average molecular weight is 485 g/mol. The van der Waals surface area contributed by atoms with Crippen molar-refractivity contribution in [3.8, 4) is 0 Å².